The van der Waals surface area contributed by atoms with E-state index >= 15 is 0 Å². The molecule has 0 radical (unpaired) electrons. The molecule has 19 heavy (non-hydrogen) atoms. The number of ether oxygens (including phenoxy) is 1. The van der Waals surface area contributed by atoms with Crippen molar-refractivity contribution in [3.8, 4) is 17.6 Å². The van der Waals surface area contributed by atoms with Crippen LogP contribution in [0, 0.1) is 18.8 Å². The summed E-state index contributed by atoms with van der Waals surface area (Å²) in [5, 5.41) is 13.2. The number of nitrogens with zero attached hydrogens (tertiary/aromatic N) is 2. The van der Waals surface area contributed by atoms with Crippen molar-refractivity contribution in [2.45, 2.75) is 13.5 Å². The largest absolute Gasteiger partial charge is 0.497 e. The van der Waals surface area contributed by atoms with Crippen LogP contribution in [-0.4, -0.2) is 28.6 Å². The lowest BCUT2D eigenvalue weighted by atomic mass is 10.1. The molecule has 4 heteroatoms. The topological polar surface area (TPSA) is 47.3 Å². The quantitative estimate of drug-likeness (QED) is 0.848. The first-order valence-electron chi connectivity index (χ1n) is 5.99. The number of rotatable bonds is 3. The van der Waals surface area contributed by atoms with E-state index in [9.17, 15) is 0 Å². The fourth-order valence-electron chi connectivity index (χ4n) is 1.81. The van der Waals surface area contributed by atoms with E-state index in [1.165, 1.54) is 0 Å². The zero-order chi connectivity index (χ0) is 13.7. The van der Waals surface area contributed by atoms with Crippen molar-refractivity contribution in [2.75, 3.05) is 13.7 Å². The van der Waals surface area contributed by atoms with Gasteiger partial charge in [-0.25, -0.2) is 0 Å². The number of aryl methyl sites for hydroxylation is 1. The minimum atomic E-state index is -0.146. The average molecular weight is 256 g/mol. The summed E-state index contributed by atoms with van der Waals surface area (Å²) in [4.78, 5) is 0. The summed E-state index contributed by atoms with van der Waals surface area (Å²) in [6.07, 6.45) is 1.93. The molecule has 0 saturated heterocycles. The van der Waals surface area contributed by atoms with Crippen molar-refractivity contribution in [1.82, 2.24) is 9.78 Å². The van der Waals surface area contributed by atoms with Gasteiger partial charge in [-0.1, -0.05) is 11.8 Å². The Morgan fingerprint density at radius 1 is 1.37 bits per heavy atom. The molecule has 2 aromatic rings. The second kappa shape index (κ2) is 6.07. The summed E-state index contributed by atoms with van der Waals surface area (Å²) >= 11 is 0. The zero-order valence-corrected chi connectivity index (χ0v) is 11.1. The normalized spacial score (nSPS) is 9.84. The Hall–Kier alpha value is -2.25. The summed E-state index contributed by atoms with van der Waals surface area (Å²) in [6.45, 7) is 2.43. The zero-order valence-electron chi connectivity index (χ0n) is 11.1. The van der Waals surface area contributed by atoms with Crippen LogP contribution in [0.4, 0.5) is 0 Å². The number of hydrogen-bond donors (Lipinski definition) is 1. The number of methoxy groups -OCH3 is 1. The van der Waals surface area contributed by atoms with E-state index < -0.39 is 0 Å². The van der Waals surface area contributed by atoms with Crippen LogP contribution in [0.1, 0.15) is 16.8 Å². The SMILES string of the molecule is COc1ccc(C#CCO)c(Cn2ccc(C)n2)c1. The summed E-state index contributed by atoms with van der Waals surface area (Å²) in [5.74, 6) is 6.40. The first-order chi connectivity index (χ1) is 9.22. The molecule has 0 aliphatic rings. The van der Waals surface area contributed by atoms with E-state index in [1.54, 1.807) is 7.11 Å². The lowest BCUT2D eigenvalue weighted by molar-refractivity contribution is 0.350. The Balaban J connectivity index is 2.34. The molecule has 0 aliphatic carbocycles. The molecule has 2 rings (SSSR count). The van der Waals surface area contributed by atoms with E-state index in [1.807, 2.05) is 42.1 Å². The molecule has 0 atom stereocenters. The van der Waals surface area contributed by atoms with Gasteiger partial charge in [-0.15, -0.1) is 0 Å². The smallest absolute Gasteiger partial charge is 0.119 e. The highest BCUT2D eigenvalue weighted by Gasteiger charge is 2.04. The highest BCUT2D eigenvalue weighted by molar-refractivity contribution is 5.45. The van der Waals surface area contributed by atoms with Crippen LogP contribution in [0.15, 0.2) is 30.5 Å². The molecule has 1 N–H and O–H groups in total. The maximum atomic E-state index is 8.80. The van der Waals surface area contributed by atoms with E-state index in [0.29, 0.717) is 6.54 Å². The highest BCUT2D eigenvalue weighted by atomic mass is 16.5. The lowest BCUT2D eigenvalue weighted by Crippen LogP contribution is -2.03. The second-order valence-electron chi connectivity index (χ2n) is 4.14. The van der Waals surface area contributed by atoms with Crippen LogP contribution in [0.5, 0.6) is 5.75 Å². The van der Waals surface area contributed by atoms with Crippen LogP contribution in [0.25, 0.3) is 0 Å². The van der Waals surface area contributed by atoms with Crippen LogP contribution in [-0.2, 0) is 6.54 Å². The molecule has 0 amide bonds. The molecule has 0 spiro atoms. The van der Waals surface area contributed by atoms with E-state index in [0.717, 1.165) is 22.6 Å². The summed E-state index contributed by atoms with van der Waals surface area (Å²) in [5.41, 5.74) is 2.87. The Kier molecular flexibility index (Phi) is 4.22. The number of hydrogen-bond acceptors (Lipinski definition) is 3. The van der Waals surface area contributed by atoms with Gasteiger partial charge in [-0.05, 0) is 36.8 Å². The third-order valence-electron chi connectivity index (χ3n) is 2.72. The van der Waals surface area contributed by atoms with Gasteiger partial charge >= 0.3 is 0 Å². The third kappa shape index (κ3) is 3.36. The summed E-state index contributed by atoms with van der Waals surface area (Å²) in [7, 11) is 1.64. The van der Waals surface area contributed by atoms with Crippen LogP contribution in [0.2, 0.25) is 0 Å². The fourth-order valence-corrected chi connectivity index (χ4v) is 1.81. The van der Waals surface area contributed by atoms with Crippen LogP contribution >= 0.6 is 0 Å². The molecule has 4 nitrogen and oxygen atoms in total. The molecular weight excluding hydrogens is 240 g/mol. The van der Waals surface area contributed by atoms with Gasteiger partial charge < -0.3 is 9.84 Å². The fraction of sp³-hybridized carbons (Fsp3) is 0.267. The van der Waals surface area contributed by atoms with Gasteiger partial charge in [0.25, 0.3) is 0 Å². The number of aromatic nitrogens is 2. The van der Waals surface area contributed by atoms with E-state index in [2.05, 4.69) is 16.9 Å². The molecule has 98 valence electrons. The van der Waals surface area contributed by atoms with Gasteiger partial charge in [0.15, 0.2) is 0 Å². The summed E-state index contributed by atoms with van der Waals surface area (Å²) in [6, 6.07) is 7.66. The minimum Gasteiger partial charge on any atom is -0.497 e. The van der Waals surface area contributed by atoms with Crippen molar-refractivity contribution in [1.29, 1.82) is 0 Å². The Morgan fingerprint density at radius 2 is 2.21 bits per heavy atom. The monoisotopic (exact) mass is 256 g/mol. The number of benzene rings is 1. The lowest BCUT2D eigenvalue weighted by Gasteiger charge is -2.08. The van der Waals surface area contributed by atoms with Gasteiger partial charge in [-0.2, -0.15) is 5.10 Å². The second-order valence-corrected chi connectivity index (χ2v) is 4.14. The van der Waals surface area contributed by atoms with E-state index in [-0.39, 0.29) is 6.61 Å². The van der Waals surface area contributed by atoms with Gasteiger partial charge in [0.1, 0.15) is 12.4 Å². The predicted octanol–water partition coefficient (Wildman–Crippen LogP) is 1.59. The maximum Gasteiger partial charge on any atom is 0.119 e. The van der Waals surface area contributed by atoms with E-state index in [4.69, 9.17) is 9.84 Å². The van der Waals surface area contributed by atoms with Crippen molar-refractivity contribution < 1.29 is 9.84 Å². The molecule has 1 heterocycles. The van der Waals surface area contributed by atoms with Gasteiger partial charge in [0.2, 0.25) is 0 Å². The van der Waals surface area contributed by atoms with Crippen molar-refractivity contribution in [3.63, 3.8) is 0 Å². The van der Waals surface area contributed by atoms with Gasteiger partial charge in [-0.3, -0.25) is 4.68 Å². The third-order valence-corrected chi connectivity index (χ3v) is 2.72. The van der Waals surface area contributed by atoms with Crippen molar-refractivity contribution in [3.05, 3.63) is 47.3 Å². The summed E-state index contributed by atoms with van der Waals surface area (Å²) < 4.78 is 7.09. The Bertz CT molecular complexity index is 621. The molecule has 0 fully saturated rings. The molecule has 0 bridgehead atoms. The van der Waals surface area contributed by atoms with Crippen molar-refractivity contribution >= 4 is 0 Å². The molecular formula is C15H16N2O2. The minimum absolute atomic E-state index is 0.146. The molecule has 0 aliphatic heterocycles. The molecule has 0 unspecified atom stereocenters. The molecule has 1 aromatic carbocycles. The predicted molar refractivity (Wildman–Crippen MR) is 73.0 cm³/mol. The average Bonchev–Trinajstić information content (AvgIpc) is 2.82. The Morgan fingerprint density at radius 3 is 2.84 bits per heavy atom. The molecule has 0 saturated carbocycles. The van der Waals surface area contributed by atoms with Crippen LogP contribution < -0.4 is 4.74 Å². The van der Waals surface area contributed by atoms with Crippen LogP contribution in [0.3, 0.4) is 0 Å². The number of aliphatic hydroxyl groups is 1. The standard InChI is InChI=1S/C15H16N2O2/c1-12-7-8-17(16-12)11-14-10-15(19-2)6-5-13(14)4-3-9-18/h5-8,10,18H,9,11H2,1-2H3. The first-order valence-corrected chi connectivity index (χ1v) is 5.99. The number of aliphatic hydroxyl groups excluding tert-OH is 1. The van der Waals surface area contributed by atoms with Gasteiger partial charge in [0.05, 0.1) is 19.3 Å². The maximum absolute atomic E-state index is 8.80. The Labute approximate surface area is 112 Å². The van der Waals surface area contributed by atoms with Crippen molar-refractivity contribution in [2.24, 2.45) is 0 Å². The van der Waals surface area contributed by atoms with Gasteiger partial charge in [0, 0.05) is 11.8 Å². The molecule has 1 aromatic heterocycles. The highest BCUT2D eigenvalue weighted by Crippen LogP contribution is 2.18. The first kappa shape index (κ1) is 13.2.